The van der Waals surface area contributed by atoms with Crippen molar-refractivity contribution < 1.29 is 78.9 Å². The van der Waals surface area contributed by atoms with E-state index in [-0.39, 0.29) is 16.9 Å². The van der Waals surface area contributed by atoms with Gasteiger partial charge in [-0.15, -0.1) is 0 Å². The minimum absolute atomic E-state index is 0.0705. The quantitative estimate of drug-likeness (QED) is 0.0640. The number of ether oxygens (including phenoxy) is 5. The first-order chi connectivity index (χ1) is 25.6. The SMILES string of the molecule is Cc1ccc(/C=C/C(=O)OCC2O[C@@H](Oc3c(-c4ccc(O)c(O)c4)oc4cc(O[C@@H]5OC(C)[C@H](O)[C@H](O)C5O)cc(O)c4c3=O)C(O)[C@@H](O)[C@@H]2O)cc1. The van der Waals surface area contributed by atoms with E-state index in [0.29, 0.717) is 5.56 Å². The Morgan fingerprint density at radius 2 is 1.43 bits per heavy atom. The Bertz CT molecular complexity index is 2080. The van der Waals surface area contributed by atoms with E-state index in [2.05, 4.69) is 0 Å². The van der Waals surface area contributed by atoms with Crippen LogP contribution < -0.4 is 14.9 Å². The van der Waals surface area contributed by atoms with Crippen LogP contribution in [0.3, 0.4) is 0 Å². The average Bonchev–Trinajstić information content (AvgIpc) is 3.14. The molecule has 3 heterocycles. The molecule has 6 rings (SSSR count). The van der Waals surface area contributed by atoms with Gasteiger partial charge in [-0.1, -0.05) is 29.8 Å². The second-order valence-electron chi connectivity index (χ2n) is 12.9. The summed E-state index contributed by atoms with van der Waals surface area (Å²) >= 11 is 0. The van der Waals surface area contributed by atoms with Crippen molar-refractivity contribution in [2.24, 2.45) is 0 Å². The molecule has 288 valence electrons. The first-order valence-electron chi connectivity index (χ1n) is 16.6. The van der Waals surface area contributed by atoms with E-state index in [0.717, 1.165) is 35.9 Å². The first kappa shape index (κ1) is 38.5. The molecule has 9 N–H and O–H groups in total. The number of esters is 1. The Hall–Kier alpha value is -5.24. The molecular formula is C37H38O17. The maximum Gasteiger partial charge on any atom is 0.330 e. The standard InChI is InChI=1S/C37H38O17/c1-15-3-5-17(6-4-15)7-10-25(41)49-14-24-28(43)31(46)33(48)37(53-24)54-35-29(44)26-22(40)12-19(51-36-32(47)30(45)27(42)16(2)50-36)13-23(26)52-34(35)18-8-9-20(38)21(39)11-18/h3-13,16,24,27-28,30-33,36-40,42-43,45-48H,14H2,1-2H3/b10-7+/t16?,24?,27-,28+,30-,31-,32?,33?,36-,37-/m0/s1. The van der Waals surface area contributed by atoms with E-state index in [1.54, 1.807) is 12.1 Å². The van der Waals surface area contributed by atoms with E-state index >= 15 is 0 Å². The summed E-state index contributed by atoms with van der Waals surface area (Å²) in [5.74, 6) is -4.10. The molecule has 17 heteroatoms. The van der Waals surface area contributed by atoms with Crippen molar-refractivity contribution in [1.29, 1.82) is 0 Å². The normalized spacial score (nSPS) is 28.6. The molecule has 2 saturated heterocycles. The summed E-state index contributed by atoms with van der Waals surface area (Å²) < 4.78 is 33.7. The molecule has 0 spiro atoms. The highest BCUT2D eigenvalue weighted by molar-refractivity contribution is 5.89. The highest BCUT2D eigenvalue weighted by Crippen LogP contribution is 2.40. The van der Waals surface area contributed by atoms with Gasteiger partial charge in [0.2, 0.25) is 23.8 Å². The van der Waals surface area contributed by atoms with Gasteiger partial charge < -0.3 is 74.1 Å². The van der Waals surface area contributed by atoms with Crippen molar-refractivity contribution in [3.05, 3.63) is 82.0 Å². The smallest absolute Gasteiger partial charge is 0.330 e. The van der Waals surface area contributed by atoms with Gasteiger partial charge in [-0.05, 0) is 43.7 Å². The molecule has 0 bridgehead atoms. The molecule has 2 fully saturated rings. The van der Waals surface area contributed by atoms with Gasteiger partial charge >= 0.3 is 5.97 Å². The third-order valence-corrected chi connectivity index (χ3v) is 8.99. The van der Waals surface area contributed by atoms with Crippen molar-refractivity contribution in [3.8, 4) is 40.1 Å². The summed E-state index contributed by atoms with van der Waals surface area (Å²) in [6, 6.07) is 12.7. The molecular weight excluding hydrogens is 716 g/mol. The van der Waals surface area contributed by atoms with E-state index < -0.39 is 114 Å². The number of aliphatic hydroxyl groups excluding tert-OH is 6. The number of carbonyl (C=O) groups is 1. The molecule has 4 aromatic rings. The van der Waals surface area contributed by atoms with Gasteiger partial charge in [0.15, 0.2) is 17.3 Å². The van der Waals surface area contributed by atoms with Crippen LogP contribution in [-0.2, 0) is 19.0 Å². The minimum Gasteiger partial charge on any atom is -0.507 e. The summed E-state index contributed by atoms with van der Waals surface area (Å²) in [5.41, 5.74) is 0.261. The second kappa shape index (κ2) is 15.6. The van der Waals surface area contributed by atoms with Gasteiger partial charge in [-0.2, -0.15) is 0 Å². The highest BCUT2D eigenvalue weighted by atomic mass is 16.7. The molecule has 0 amide bonds. The lowest BCUT2D eigenvalue weighted by Gasteiger charge is -2.39. The number of phenolic OH excluding ortho intramolecular Hbond substituents is 3. The Morgan fingerprint density at radius 1 is 0.759 bits per heavy atom. The first-order valence-corrected chi connectivity index (χ1v) is 16.6. The topological polar surface area (TPSA) is 275 Å². The van der Waals surface area contributed by atoms with Gasteiger partial charge in [0.05, 0.1) is 6.10 Å². The Morgan fingerprint density at radius 3 is 2.11 bits per heavy atom. The van der Waals surface area contributed by atoms with Crippen LogP contribution in [0.4, 0.5) is 0 Å². The zero-order chi connectivity index (χ0) is 39.0. The van der Waals surface area contributed by atoms with Crippen molar-refractivity contribution in [3.63, 3.8) is 0 Å². The number of rotatable bonds is 9. The molecule has 0 saturated carbocycles. The lowest BCUT2D eigenvalue weighted by atomic mass is 9.99. The molecule has 1 aromatic heterocycles. The molecule has 2 aliphatic rings. The lowest BCUT2D eigenvalue weighted by molar-refractivity contribution is -0.278. The molecule has 54 heavy (non-hydrogen) atoms. The predicted octanol–water partition coefficient (Wildman–Crippen LogP) is 0.535. The predicted molar refractivity (Wildman–Crippen MR) is 184 cm³/mol. The van der Waals surface area contributed by atoms with Crippen LogP contribution in [0, 0.1) is 6.92 Å². The largest absolute Gasteiger partial charge is 0.507 e. The number of fused-ring (bicyclic) bond motifs is 1. The van der Waals surface area contributed by atoms with Crippen LogP contribution in [0.1, 0.15) is 18.1 Å². The Balaban J connectivity index is 1.31. The lowest BCUT2D eigenvalue weighted by Crippen LogP contribution is -2.60. The fourth-order valence-electron chi connectivity index (χ4n) is 5.85. The van der Waals surface area contributed by atoms with Gasteiger partial charge in [-0.25, -0.2) is 4.79 Å². The summed E-state index contributed by atoms with van der Waals surface area (Å²) in [6.45, 7) is 2.72. The summed E-state index contributed by atoms with van der Waals surface area (Å²) in [6.07, 6.45) is -13.7. The summed E-state index contributed by atoms with van der Waals surface area (Å²) in [4.78, 5) is 26.5. The fourth-order valence-corrected chi connectivity index (χ4v) is 5.85. The second-order valence-corrected chi connectivity index (χ2v) is 12.9. The Labute approximate surface area is 305 Å². The molecule has 10 atom stereocenters. The molecule has 17 nitrogen and oxygen atoms in total. The maximum absolute atomic E-state index is 14.1. The van der Waals surface area contributed by atoms with Gasteiger partial charge in [0, 0.05) is 23.8 Å². The number of aromatic hydroxyl groups is 3. The minimum atomic E-state index is -1.99. The number of aryl methyl sites for hydroxylation is 1. The molecule has 0 radical (unpaired) electrons. The van der Waals surface area contributed by atoms with Gasteiger partial charge in [0.1, 0.15) is 71.8 Å². The number of aliphatic hydroxyl groups is 6. The number of benzene rings is 3. The van der Waals surface area contributed by atoms with Crippen LogP contribution in [0.2, 0.25) is 0 Å². The number of carbonyl (C=O) groups excluding carboxylic acids is 1. The zero-order valence-corrected chi connectivity index (χ0v) is 28.6. The zero-order valence-electron chi connectivity index (χ0n) is 28.6. The molecule has 2 aliphatic heterocycles. The summed E-state index contributed by atoms with van der Waals surface area (Å²) in [7, 11) is 0. The monoisotopic (exact) mass is 754 g/mol. The van der Waals surface area contributed by atoms with Crippen molar-refractivity contribution in [2.75, 3.05) is 6.61 Å². The van der Waals surface area contributed by atoms with Crippen LogP contribution >= 0.6 is 0 Å². The number of phenols is 3. The van der Waals surface area contributed by atoms with E-state index in [1.807, 2.05) is 19.1 Å². The van der Waals surface area contributed by atoms with Crippen LogP contribution in [-0.4, -0.2) is 120 Å². The molecule has 3 aromatic carbocycles. The van der Waals surface area contributed by atoms with E-state index in [9.17, 15) is 55.5 Å². The molecule has 4 unspecified atom stereocenters. The highest BCUT2D eigenvalue weighted by Gasteiger charge is 2.46. The average molecular weight is 755 g/mol. The van der Waals surface area contributed by atoms with E-state index in [1.165, 1.54) is 19.1 Å². The Kier molecular flexibility index (Phi) is 11.1. The van der Waals surface area contributed by atoms with Gasteiger partial charge in [0.25, 0.3) is 0 Å². The van der Waals surface area contributed by atoms with Crippen molar-refractivity contribution in [1.82, 2.24) is 0 Å². The third-order valence-electron chi connectivity index (χ3n) is 8.99. The van der Waals surface area contributed by atoms with Crippen molar-refractivity contribution >= 4 is 23.0 Å². The van der Waals surface area contributed by atoms with Crippen molar-refractivity contribution in [2.45, 2.75) is 75.3 Å². The molecule has 0 aliphatic carbocycles. The van der Waals surface area contributed by atoms with E-state index in [4.69, 9.17) is 28.1 Å². The van der Waals surface area contributed by atoms with Crippen LogP contribution in [0.25, 0.3) is 28.4 Å². The number of hydrogen-bond donors (Lipinski definition) is 9. The summed E-state index contributed by atoms with van der Waals surface area (Å²) in [5, 5.41) is 93.5. The maximum atomic E-state index is 14.1. The number of hydrogen-bond acceptors (Lipinski definition) is 17. The van der Waals surface area contributed by atoms with Crippen LogP contribution in [0.15, 0.2) is 69.9 Å². The van der Waals surface area contributed by atoms with Gasteiger partial charge in [-0.3, -0.25) is 4.79 Å². The fraction of sp³-hybridized carbons (Fsp3) is 0.351. The third kappa shape index (κ3) is 7.84. The van der Waals surface area contributed by atoms with Crippen LogP contribution in [0.5, 0.6) is 28.7 Å².